The van der Waals surface area contributed by atoms with Gasteiger partial charge in [-0.05, 0) is 80.4 Å². The number of ether oxygens (including phenoxy) is 1. The van der Waals surface area contributed by atoms with Gasteiger partial charge in [0.15, 0.2) is 11.5 Å². The molecule has 5 nitrogen and oxygen atoms in total. The van der Waals surface area contributed by atoms with Crippen LogP contribution in [0.25, 0.3) is 6.08 Å². The zero-order chi connectivity index (χ0) is 31.5. The quantitative estimate of drug-likeness (QED) is 0.302. The van der Waals surface area contributed by atoms with Crippen molar-refractivity contribution in [2.75, 3.05) is 45.7 Å². The Kier molecular flexibility index (Phi) is 7.64. The van der Waals surface area contributed by atoms with Crippen LogP contribution >= 0.6 is 0 Å². The first-order chi connectivity index (χ1) is 21.6. The van der Waals surface area contributed by atoms with Crippen molar-refractivity contribution in [1.82, 2.24) is 9.80 Å². The molecule has 1 N–H and O–H groups in total. The smallest absolute Gasteiger partial charge is 0.416 e. The fourth-order valence-electron chi connectivity index (χ4n) is 9.02. The number of alkyl halides is 3. The molecule has 5 atom stereocenters. The normalized spacial score (nSPS) is 27.1. The third-order valence-electron chi connectivity index (χ3n) is 11.0. The van der Waals surface area contributed by atoms with Crippen molar-refractivity contribution in [1.29, 1.82) is 0 Å². The second kappa shape index (κ2) is 11.4. The van der Waals surface area contributed by atoms with Gasteiger partial charge in [0.25, 0.3) is 0 Å². The lowest BCUT2D eigenvalue weighted by molar-refractivity contribution is -0.137. The van der Waals surface area contributed by atoms with Crippen LogP contribution in [0.15, 0.2) is 66.7 Å². The number of likely N-dealkylation sites (N-methyl/N-ethyl adjacent to an activating group) is 1. The van der Waals surface area contributed by atoms with E-state index < -0.39 is 11.7 Å². The SMILES string of the molecule is CN(C)c1cc(O)c2c3c1C[C@@H]1[C@@H]4CC[C@H](N(C)CC=Cc5cccc(C(F)(F)F)c5)[C@H](O2)[C@]34CCN1CCc1ccccc1. The molecule has 4 aliphatic rings. The van der Waals surface area contributed by atoms with E-state index in [2.05, 4.69) is 52.1 Å². The Hall–Kier alpha value is -3.49. The van der Waals surface area contributed by atoms with E-state index in [0.29, 0.717) is 29.8 Å². The number of likely N-dealkylation sites (tertiary alicyclic amines) is 1. The summed E-state index contributed by atoms with van der Waals surface area (Å²) in [6.07, 6.45) is 4.26. The Morgan fingerprint density at radius 1 is 1.04 bits per heavy atom. The van der Waals surface area contributed by atoms with Gasteiger partial charge in [0, 0.05) is 62.0 Å². The molecule has 8 heteroatoms. The van der Waals surface area contributed by atoms with Gasteiger partial charge < -0.3 is 14.7 Å². The minimum absolute atomic E-state index is 0.0978. The largest absolute Gasteiger partial charge is 0.504 e. The van der Waals surface area contributed by atoms with E-state index in [-0.39, 0.29) is 23.3 Å². The van der Waals surface area contributed by atoms with Crippen LogP contribution in [0, 0.1) is 5.92 Å². The molecule has 1 saturated heterocycles. The van der Waals surface area contributed by atoms with Crippen molar-refractivity contribution in [3.8, 4) is 11.5 Å². The molecule has 1 spiro atoms. The van der Waals surface area contributed by atoms with Gasteiger partial charge in [0.1, 0.15) is 6.10 Å². The van der Waals surface area contributed by atoms with Crippen LogP contribution in [0.1, 0.15) is 47.1 Å². The summed E-state index contributed by atoms with van der Waals surface area (Å²) in [5.74, 6) is 1.32. The molecule has 0 amide bonds. The number of halogens is 3. The molecule has 2 bridgehead atoms. The number of nitrogens with zero attached hydrogens (tertiary/aromatic N) is 3. The Balaban J connectivity index is 1.18. The van der Waals surface area contributed by atoms with E-state index in [1.807, 2.05) is 26.2 Å². The molecule has 2 aliphatic carbocycles. The fraction of sp³-hybridized carbons (Fsp3) is 0.459. The molecule has 0 unspecified atom stereocenters. The molecule has 0 radical (unpaired) electrons. The zero-order valence-corrected chi connectivity index (χ0v) is 26.2. The van der Waals surface area contributed by atoms with Crippen molar-refractivity contribution < 1.29 is 23.0 Å². The van der Waals surface area contributed by atoms with Gasteiger partial charge in [0.05, 0.1) is 5.56 Å². The molecule has 2 heterocycles. The summed E-state index contributed by atoms with van der Waals surface area (Å²) in [6.45, 7) is 2.60. The lowest BCUT2D eigenvalue weighted by Gasteiger charge is -2.60. The maximum Gasteiger partial charge on any atom is 0.416 e. The molecule has 0 aromatic heterocycles. The summed E-state index contributed by atoms with van der Waals surface area (Å²) in [7, 11) is 6.18. The molecule has 3 aromatic carbocycles. The first-order valence-corrected chi connectivity index (χ1v) is 16.1. The highest BCUT2D eigenvalue weighted by Crippen LogP contribution is 2.65. The van der Waals surface area contributed by atoms with Gasteiger partial charge >= 0.3 is 6.18 Å². The molecule has 45 heavy (non-hydrogen) atoms. The first kappa shape index (κ1) is 30.2. The van der Waals surface area contributed by atoms with Crippen molar-refractivity contribution in [2.24, 2.45) is 5.92 Å². The summed E-state index contributed by atoms with van der Waals surface area (Å²) < 4.78 is 46.6. The van der Waals surface area contributed by atoms with E-state index in [4.69, 9.17) is 4.74 Å². The molecule has 7 rings (SSSR count). The topological polar surface area (TPSA) is 39.2 Å². The monoisotopic (exact) mass is 617 g/mol. The Labute approximate surface area is 263 Å². The minimum atomic E-state index is -4.36. The molecular formula is C37H42F3N3O2. The van der Waals surface area contributed by atoms with E-state index in [1.54, 1.807) is 12.1 Å². The van der Waals surface area contributed by atoms with Gasteiger partial charge in [-0.25, -0.2) is 0 Å². The number of aromatic hydroxyl groups is 1. The van der Waals surface area contributed by atoms with E-state index >= 15 is 0 Å². The van der Waals surface area contributed by atoms with Gasteiger partial charge in [-0.2, -0.15) is 13.2 Å². The highest BCUT2D eigenvalue weighted by molar-refractivity contribution is 5.71. The standard InChI is InChI=1S/C37H42F3N3O2/c1-41(2)30-23-32(44)34-33-27(30)22-31-28-14-15-29(42(3)18-8-12-25-11-7-13-26(21-25)37(38,39)40)35(45-34)36(28,33)17-20-43(31)19-16-24-9-5-4-6-10-24/h4-13,21,23,28-29,31,35,44H,14-20,22H2,1-3H3/t28-,29-,31+,35-,36-/m0/s1. The van der Waals surface area contributed by atoms with Crippen LogP contribution in [0.5, 0.6) is 11.5 Å². The predicted octanol–water partition coefficient (Wildman–Crippen LogP) is 6.77. The summed E-state index contributed by atoms with van der Waals surface area (Å²) in [4.78, 5) is 7.13. The molecule has 238 valence electrons. The van der Waals surface area contributed by atoms with Crippen LogP contribution in [-0.2, 0) is 24.4 Å². The summed E-state index contributed by atoms with van der Waals surface area (Å²) in [6, 6.07) is 18.6. The van der Waals surface area contributed by atoms with Crippen LogP contribution in [0.3, 0.4) is 0 Å². The Morgan fingerprint density at radius 3 is 2.60 bits per heavy atom. The van der Waals surface area contributed by atoms with Crippen molar-refractivity contribution >= 4 is 11.8 Å². The lowest BCUT2D eigenvalue weighted by atomic mass is 9.50. The number of anilines is 1. The van der Waals surface area contributed by atoms with Crippen molar-refractivity contribution in [2.45, 2.75) is 61.9 Å². The van der Waals surface area contributed by atoms with E-state index in [0.717, 1.165) is 56.9 Å². The van der Waals surface area contributed by atoms with Gasteiger partial charge in [0.2, 0.25) is 0 Å². The number of phenolic OH excluding ortho intramolecular Hbond substituents is 1. The second-order valence-electron chi connectivity index (χ2n) is 13.6. The summed E-state index contributed by atoms with van der Waals surface area (Å²) >= 11 is 0. The highest BCUT2D eigenvalue weighted by atomic mass is 19.4. The number of hydrogen-bond donors (Lipinski definition) is 1. The minimum Gasteiger partial charge on any atom is -0.504 e. The third kappa shape index (κ3) is 5.10. The molecular weight excluding hydrogens is 575 g/mol. The van der Waals surface area contributed by atoms with Gasteiger partial charge in [-0.15, -0.1) is 0 Å². The van der Waals surface area contributed by atoms with Crippen LogP contribution < -0.4 is 9.64 Å². The number of rotatable bonds is 8. The molecule has 2 fully saturated rings. The average molecular weight is 618 g/mol. The van der Waals surface area contributed by atoms with Crippen molar-refractivity contribution in [3.05, 3.63) is 94.6 Å². The van der Waals surface area contributed by atoms with Crippen molar-refractivity contribution in [3.63, 3.8) is 0 Å². The maximum absolute atomic E-state index is 13.2. The van der Waals surface area contributed by atoms with E-state index in [9.17, 15) is 18.3 Å². The molecule has 2 aliphatic heterocycles. The molecule has 3 aromatic rings. The summed E-state index contributed by atoms with van der Waals surface area (Å²) in [5, 5.41) is 11.3. The molecule has 1 saturated carbocycles. The lowest BCUT2D eigenvalue weighted by Crippen LogP contribution is -2.68. The zero-order valence-electron chi connectivity index (χ0n) is 26.2. The number of phenols is 1. The third-order valence-corrected chi connectivity index (χ3v) is 11.0. The fourth-order valence-corrected chi connectivity index (χ4v) is 9.02. The second-order valence-corrected chi connectivity index (χ2v) is 13.6. The van der Waals surface area contributed by atoms with Crippen LogP contribution in [-0.4, -0.2) is 73.9 Å². The average Bonchev–Trinajstić information content (AvgIpc) is 3.36. The number of piperidine rings is 1. The van der Waals surface area contributed by atoms with Gasteiger partial charge in [-0.1, -0.05) is 54.6 Å². The number of benzene rings is 3. The first-order valence-electron chi connectivity index (χ1n) is 16.1. The van der Waals surface area contributed by atoms with Gasteiger partial charge in [-0.3, -0.25) is 9.80 Å². The Morgan fingerprint density at radius 2 is 1.84 bits per heavy atom. The van der Waals surface area contributed by atoms with Crippen LogP contribution in [0.2, 0.25) is 0 Å². The van der Waals surface area contributed by atoms with E-state index in [1.165, 1.54) is 28.8 Å². The maximum atomic E-state index is 13.2. The highest BCUT2D eigenvalue weighted by Gasteiger charge is 2.66. The van der Waals surface area contributed by atoms with Crippen LogP contribution in [0.4, 0.5) is 18.9 Å². The number of hydrogen-bond acceptors (Lipinski definition) is 5. The predicted molar refractivity (Wildman–Crippen MR) is 172 cm³/mol. The Bertz CT molecular complexity index is 1590. The summed E-state index contributed by atoms with van der Waals surface area (Å²) in [5.41, 5.74) is 4.70.